The molecule has 4 nitrogen and oxygen atoms in total. The minimum Gasteiger partial charge on any atom is -0.389 e. The number of nitriles is 1. The SMILES string of the molecule is COCC(O)CN(C)Cc1ccccc1C(C)(C)C#N. The highest BCUT2D eigenvalue weighted by molar-refractivity contribution is 5.37. The van der Waals surface area contributed by atoms with Crippen molar-refractivity contribution < 1.29 is 9.84 Å². The standard InChI is InChI=1S/C16H24N2O2/c1-16(2,12-17)15-8-6-5-7-13(15)9-18(3)10-14(19)11-20-4/h5-8,14,19H,9-11H2,1-4H3. The number of benzene rings is 1. The van der Waals surface area contributed by atoms with Crippen LogP contribution in [0.15, 0.2) is 24.3 Å². The fourth-order valence-electron chi connectivity index (χ4n) is 2.29. The van der Waals surface area contributed by atoms with Gasteiger partial charge in [0.25, 0.3) is 0 Å². The fraction of sp³-hybridized carbons (Fsp3) is 0.562. The van der Waals surface area contributed by atoms with Gasteiger partial charge in [0, 0.05) is 20.2 Å². The molecule has 0 aliphatic carbocycles. The van der Waals surface area contributed by atoms with E-state index in [1.807, 2.05) is 50.1 Å². The second kappa shape index (κ2) is 7.39. The van der Waals surface area contributed by atoms with Crippen molar-refractivity contribution in [1.29, 1.82) is 5.26 Å². The number of methoxy groups -OCH3 is 1. The highest BCUT2D eigenvalue weighted by Crippen LogP contribution is 2.26. The quantitative estimate of drug-likeness (QED) is 0.826. The lowest BCUT2D eigenvalue weighted by Crippen LogP contribution is -2.32. The van der Waals surface area contributed by atoms with Crippen molar-refractivity contribution in [2.24, 2.45) is 0 Å². The second-order valence-corrected chi connectivity index (χ2v) is 5.70. The molecular weight excluding hydrogens is 252 g/mol. The maximum atomic E-state index is 9.75. The summed E-state index contributed by atoms with van der Waals surface area (Å²) in [4.78, 5) is 2.04. The summed E-state index contributed by atoms with van der Waals surface area (Å²) in [6.07, 6.45) is -0.499. The number of nitrogens with zero attached hydrogens (tertiary/aromatic N) is 2. The Hall–Kier alpha value is -1.41. The first kappa shape index (κ1) is 16.6. The van der Waals surface area contributed by atoms with Crippen LogP contribution in [-0.2, 0) is 16.7 Å². The number of rotatable bonds is 7. The molecule has 1 aromatic rings. The highest BCUT2D eigenvalue weighted by atomic mass is 16.5. The topological polar surface area (TPSA) is 56.5 Å². The molecule has 0 spiro atoms. The van der Waals surface area contributed by atoms with Gasteiger partial charge in [-0.25, -0.2) is 0 Å². The number of ether oxygens (including phenoxy) is 1. The van der Waals surface area contributed by atoms with Gasteiger partial charge < -0.3 is 9.84 Å². The molecule has 110 valence electrons. The first-order chi connectivity index (χ1) is 9.40. The van der Waals surface area contributed by atoms with Crippen LogP contribution >= 0.6 is 0 Å². The molecule has 0 aromatic heterocycles. The summed E-state index contributed by atoms with van der Waals surface area (Å²) in [5.74, 6) is 0. The molecule has 0 radical (unpaired) electrons. The van der Waals surface area contributed by atoms with Crippen LogP contribution in [0.4, 0.5) is 0 Å². The van der Waals surface area contributed by atoms with Gasteiger partial charge in [-0.05, 0) is 32.0 Å². The van der Waals surface area contributed by atoms with Crippen molar-refractivity contribution in [2.75, 3.05) is 27.3 Å². The summed E-state index contributed by atoms with van der Waals surface area (Å²) >= 11 is 0. The van der Waals surface area contributed by atoms with Gasteiger partial charge in [-0.1, -0.05) is 24.3 Å². The first-order valence-electron chi connectivity index (χ1n) is 6.76. The highest BCUT2D eigenvalue weighted by Gasteiger charge is 2.23. The van der Waals surface area contributed by atoms with E-state index in [9.17, 15) is 10.4 Å². The molecule has 4 heteroatoms. The third-order valence-electron chi connectivity index (χ3n) is 3.29. The zero-order valence-electron chi connectivity index (χ0n) is 12.8. The van der Waals surface area contributed by atoms with Gasteiger partial charge in [-0.15, -0.1) is 0 Å². The van der Waals surface area contributed by atoms with Crippen LogP contribution < -0.4 is 0 Å². The Kier molecular flexibility index (Phi) is 6.15. The molecule has 1 N–H and O–H groups in total. The van der Waals surface area contributed by atoms with Crippen molar-refractivity contribution in [3.05, 3.63) is 35.4 Å². The van der Waals surface area contributed by atoms with Crippen LogP contribution in [0, 0.1) is 11.3 Å². The van der Waals surface area contributed by atoms with Gasteiger partial charge in [0.2, 0.25) is 0 Å². The number of aliphatic hydroxyl groups is 1. The van der Waals surface area contributed by atoms with Crippen LogP contribution in [0.2, 0.25) is 0 Å². The van der Waals surface area contributed by atoms with E-state index < -0.39 is 11.5 Å². The molecule has 20 heavy (non-hydrogen) atoms. The molecule has 0 amide bonds. The van der Waals surface area contributed by atoms with Crippen molar-refractivity contribution in [3.63, 3.8) is 0 Å². The lowest BCUT2D eigenvalue weighted by Gasteiger charge is -2.25. The number of hydrogen-bond donors (Lipinski definition) is 1. The van der Waals surface area contributed by atoms with Gasteiger partial charge in [0.05, 0.1) is 24.2 Å². The normalized spacial score (nSPS) is 13.2. The average Bonchev–Trinajstić information content (AvgIpc) is 2.39. The van der Waals surface area contributed by atoms with Crippen LogP contribution in [0.25, 0.3) is 0 Å². The van der Waals surface area contributed by atoms with Crippen LogP contribution in [0.1, 0.15) is 25.0 Å². The van der Waals surface area contributed by atoms with E-state index in [2.05, 4.69) is 6.07 Å². The molecular formula is C16H24N2O2. The summed E-state index contributed by atoms with van der Waals surface area (Å²) < 4.78 is 4.93. The van der Waals surface area contributed by atoms with Crippen molar-refractivity contribution in [2.45, 2.75) is 31.9 Å². The van der Waals surface area contributed by atoms with E-state index >= 15 is 0 Å². The van der Waals surface area contributed by atoms with Crippen LogP contribution in [0.5, 0.6) is 0 Å². The Balaban J connectivity index is 2.81. The minimum absolute atomic E-state index is 0.329. The maximum absolute atomic E-state index is 9.75. The summed E-state index contributed by atoms with van der Waals surface area (Å²) in [5.41, 5.74) is 1.64. The summed E-state index contributed by atoms with van der Waals surface area (Å²) in [5, 5.41) is 19.1. The smallest absolute Gasteiger partial charge is 0.0900 e. The van der Waals surface area contributed by atoms with Crippen LogP contribution in [0.3, 0.4) is 0 Å². The molecule has 0 fully saturated rings. The molecule has 0 aliphatic rings. The molecule has 0 heterocycles. The van der Waals surface area contributed by atoms with E-state index in [4.69, 9.17) is 4.74 Å². The number of aliphatic hydroxyl groups excluding tert-OH is 1. The third-order valence-corrected chi connectivity index (χ3v) is 3.29. The van der Waals surface area contributed by atoms with Gasteiger partial charge in [0.15, 0.2) is 0 Å². The Bertz CT molecular complexity index is 466. The van der Waals surface area contributed by atoms with Gasteiger partial charge in [-0.2, -0.15) is 5.26 Å². The van der Waals surface area contributed by atoms with E-state index in [-0.39, 0.29) is 0 Å². The molecule has 1 aromatic carbocycles. The summed E-state index contributed by atoms with van der Waals surface area (Å²) in [6.45, 7) is 5.41. The number of likely N-dealkylation sites (N-methyl/N-ethyl adjacent to an activating group) is 1. The zero-order chi connectivity index (χ0) is 15.2. The predicted octanol–water partition coefficient (Wildman–Crippen LogP) is 1.93. The lowest BCUT2D eigenvalue weighted by molar-refractivity contribution is 0.0418. The van der Waals surface area contributed by atoms with E-state index in [1.54, 1.807) is 7.11 Å². The Morgan fingerprint density at radius 1 is 1.40 bits per heavy atom. The van der Waals surface area contributed by atoms with Gasteiger partial charge in [0.1, 0.15) is 0 Å². The van der Waals surface area contributed by atoms with Crippen molar-refractivity contribution in [3.8, 4) is 6.07 Å². The Labute approximate surface area is 121 Å². The molecule has 0 aliphatic heterocycles. The second-order valence-electron chi connectivity index (χ2n) is 5.70. The summed E-state index contributed by atoms with van der Waals surface area (Å²) in [6, 6.07) is 10.3. The lowest BCUT2D eigenvalue weighted by atomic mass is 9.83. The Morgan fingerprint density at radius 2 is 2.05 bits per heavy atom. The largest absolute Gasteiger partial charge is 0.389 e. The fourth-order valence-corrected chi connectivity index (χ4v) is 2.29. The monoisotopic (exact) mass is 276 g/mol. The first-order valence-corrected chi connectivity index (χ1v) is 6.76. The predicted molar refractivity (Wildman–Crippen MR) is 79.3 cm³/mol. The summed E-state index contributed by atoms with van der Waals surface area (Å²) in [7, 11) is 3.53. The molecule has 1 atom stereocenters. The Morgan fingerprint density at radius 3 is 2.65 bits per heavy atom. The van der Waals surface area contributed by atoms with E-state index in [0.29, 0.717) is 19.7 Å². The van der Waals surface area contributed by atoms with Gasteiger partial charge >= 0.3 is 0 Å². The molecule has 0 saturated carbocycles. The molecule has 1 rings (SSSR count). The van der Waals surface area contributed by atoms with Crippen molar-refractivity contribution in [1.82, 2.24) is 4.90 Å². The molecule has 0 bridgehead atoms. The van der Waals surface area contributed by atoms with Crippen molar-refractivity contribution >= 4 is 0 Å². The molecule has 1 unspecified atom stereocenters. The van der Waals surface area contributed by atoms with Crippen LogP contribution in [-0.4, -0.2) is 43.4 Å². The number of hydrogen-bond acceptors (Lipinski definition) is 4. The third kappa shape index (κ3) is 4.61. The maximum Gasteiger partial charge on any atom is 0.0900 e. The van der Waals surface area contributed by atoms with E-state index in [0.717, 1.165) is 11.1 Å². The zero-order valence-corrected chi connectivity index (χ0v) is 12.8. The average molecular weight is 276 g/mol. The van der Waals surface area contributed by atoms with E-state index in [1.165, 1.54) is 0 Å². The minimum atomic E-state index is -0.511. The molecule has 0 saturated heterocycles. The van der Waals surface area contributed by atoms with Gasteiger partial charge in [-0.3, -0.25) is 4.90 Å².